The highest BCUT2D eigenvalue weighted by Crippen LogP contribution is 2.67. The molecule has 0 bridgehead atoms. The molecule has 0 spiro atoms. The van der Waals surface area contributed by atoms with Gasteiger partial charge in [0.25, 0.3) is 0 Å². The van der Waals surface area contributed by atoms with Crippen molar-refractivity contribution in [3.05, 3.63) is 12.2 Å². The lowest BCUT2D eigenvalue weighted by Gasteiger charge is -2.62. The fraction of sp³-hybridized carbons (Fsp3) is 0.909. The summed E-state index contributed by atoms with van der Waals surface area (Å²) < 4.78 is 11.0. The average molecular weight is 349 g/mol. The Morgan fingerprint density at radius 3 is 2.76 bits per heavy atom. The van der Waals surface area contributed by atoms with Crippen molar-refractivity contribution in [2.24, 2.45) is 34.5 Å². The molecule has 4 saturated carbocycles. The van der Waals surface area contributed by atoms with E-state index in [2.05, 4.69) is 20.4 Å². The van der Waals surface area contributed by atoms with Crippen LogP contribution in [0.1, 0.15) is 65.2 Å². The van der Waals surface area contributed by atoms with Gasteiger partial charge in [-0.15, -0.1) is 0 Å². The SMILES string of the molecule is C=C1CC[C@H]2[C@@H]3CCC4CC(OCOC)CC[C@]4(C)[C@@H]3C(O)C[C@]12C. The van der Waals surface area contributed by atoms with Crippen molar-refractivity contribution >= 4 is 0 Å². The van der Waals surface area contributed by atoms with Crippen molar-refractivity contribution in [1.29, 1.82) is 0 Å². The molecule has 1 N–H and O–H groups in total. The van der Waals surface area contributed by atoms with Gasteiger partial charge in [0.2, 0.25) is 0 Å². The maximum absolute atomic E-state index is 11.3. The number of methoxy groups -OCH3 is 1. The average Bonchev–Trinajstić information content (AvgIpc) is 2.87. The van der Waals surface area contributed by atoms with E-state index in [1.165, 1.54) is 37.7 Å². The maximum atomic E-state index is 11.3. The van der Waals surface area contributed by atoms with Crippen LogP contribution in [0.5, 0.6) is 0 Å². The first-order chi connectivity index (χ1) is 11.9. The lowest BCUT2D eigenvalue weighted by Crippen LogP contribution is -2.58. The van der Waals surface area contributed by atoms with Crippen LogP contribution in [0, 0.1) is 34.5 Å². The van der Waals surface area contributed by atoms with E-state index in [-0.39, 0.29) is 16.9 Å². The Kier molecular flexibility index (Phi) is 4.57. The summed E-state index contributed by atoms with van der Waals surface area (Å²) in [7, 11) is 1.70. The van der Waals surface area contributed by atoms with E-state index in [1.807, 2.05) is 0 Å². The summed E-state index contributed by atoms with van der Waals surface area (Å²) >= 11 is 0. The molecule has 0 saturated heterocycles. The van der Waals surface area contributed by atoms with Crippen molar-refractivity contribution in [1.82, 2.24) is 0 Å². The third-order valence-electron chi connectivity index (χ3n) is 8.93. The van der Waals surface area contributed by atoms with Crippen LogP contribution in [-0.2, 0) is 9.47 Å². The van der Waals surface area contributed by atoms with E-state index < -0.39 is 0 Å². The van der Waals surface area contributed by atoms with E-state index in [1.54, 1.807) is 7.11 Å². The highest BCUT2D eigenvalue weighted by molar-refractivity contribution is 5.22. The molecule has 0 aromatic carbocycles. The zero-order chi connectivity index (χ0) is 17.8. The molecule has 0 aromatic rings. The second-order valence-electron chi connectivity index (χ2n) is 9.88. The normalized spacial score (nSPS) is 52.4. The molecule has 4 aliphatic carbocycles. The number of hydrogen-bond acceptors (Lipinski definition) is 3. The maximum Gasteiger partial charge on any atom is 0.146 e. The summed E-state index contributed by atoms with van der Waals surface area (Å²) in [6, 6.07) is 0. The zero-order valence-electron chi connectivity index (χ0n) is 16.3. The molecular formula is C22H36O3. The third kappa shape index (κ3) is 2.64. The van der Waals surface area contributed by atoms with Gasteiger partial charge in [-0.3, -0.25) is 0 Å². The lowest BCUT2D eigenvalue weighted by atomic mass is 9.44. The van der Waals surface area contributed by atoms with Gasteiger partial charge in [0.1, 0.15) is 6.79 Å². The minimum absolute atomic E-state index is 0.162. The summed E-state index contributed by atoms with van der Waals surface area (Å²) in [6.45, 7) is 9.66. The van der Waals surface area contributed by atoms with Crippen LogP contribution in [-0.4, -0.2) is 31.2 Å². The fourth-order valence-corrected chi connectivity index (χ4v) is 7.56. The summed E-state index contributed by atoms with van der Waals surface area (Å²) in [4.78, 5) is 0. The minimum Gasteiger partial charge on any atom is -0.393 e. The number of ether oxygens (including phenoxy) is 2. The smallest absolute Gasteiger partial charge is 0.146 e. The summed E-state index contributed by atoms with van der Waals surface area (Å²) in [5, 5.41) is 11.3. The number of aliphatic hydroxyl groups excluding tert-OH is 1. The van der Waals surface area contributed by atoms with Gasteiger partial charge < -0.3 is 14.6 Å². The molecule has 8 atom stereocenters. The van der Waals surface area contributed by atoms with Crippen LogP contribution in [0.4, 0.5) is 0 Å². The monoisotopic (exact) mass is 348 g/mol. The largest absolute Gasteiger partial charge is 0.393 e. The molecule has 0 aliphatic heterocycles. The van der Waals surface area contributed by atoms with Crippen LogP contribution < -0.4 is 0 Å². The van der Waals surface area contributed by atoms with Gasteiger partial charge in [0.05, 0.1) is 12.2 Å². The van der Waals surface area contributed by atoms with Gasteiger partial charge in [-0.05, 0) is 85.9 Å². The van der Waals surface area contributed by atoms with Crippen molar-refractivity contribution in [2.75, 3.05) is 13.9 Å². The van der Waals surface area contributed by atoms with Crippen LogP contribution in [0.15, 0.2) is 12.2 Å². The molecule has 0 heterocycles. The zero-order valence-corrected chi connectivity index (χ0v) is 16.3. The molecule has 0 amide bonds. The van der Waals surface area contributed by atoms with Gasteiger partial charge in [-0.25, -0.2) is 0 Å². The van der Waals surface area contributed by atoms with Crippen molar-refractivity contribution in [2.45, 2.75) is 77.4 Å². The Morgan fingerprint density at radius 2 is 2.00 bits per heavy atom. The molecule has 4 rings (SSSR count). The number of rotatable bonds is 3. The predicted molar refractivity (Wildman–Crippen MR) is 99.0 cm³/mol. The fourth-order valence-electron chi connectivity index (χ4n) is 7.56. The first-order valence-electron chi connectivity index (χ1n) is 10.4. The Balaban J connectivity index is 1.56. The van der Waals surface area contributed by atoms with Crippen LogP contribution >= 0.6 is 0 Å². The molecule has 3 unspecified atom stereocenters. The molecule has 0 aromatic heterocycles. The molecule has 4 aliphatic rings. The molecule has 3 nitrogen and oxygen atoms in total. The van der Waals surface area contributed by atoms with E-state index in [0.717, 1.165) is 25.2 Å². The van der Waals surface area contributed by atoms with Crippen LogP contribution in [0.2, 0.25) is 0 Å². The summed E-state index contributed by atoms with van der Waals surface area (Å²) in [5.74, 6) is 2.59. The molecular weight excluding hydrogens is 312 g/mol. The third-order valence-corrected chi connectivity index (χ3v) is 8.93. The second-order valence-corrected chi connectivity index (χ2v) is 9.88. The molecule has 142 valence electrons. The number of hydrogen-bond donors (Lipinski definition) is 1. The predicted octanol–water partition coefficient (Wildman–Crippen LogP) is 4.55. The minimum atomic E-state index is -0.162. The first kappa shape index (κ1) is 18.0. The number of allylic oxidation sites excluding steroid dienone is 1. The van der Waals surface area contributed by atoms with Gasteiger partial charge >= 0.3 is 0 Å². The van der Waals surface area contributed by atoms with Gasteiger partial charge in [0.15, 0.2) is 0 Å². The Hall–Kier alpha value is -0.380. The molecule has 4 fully saturated rings. The highest BCUT2D eigenvalue weighted by atomic mass is 16.7. The Morgan fingerprint density at radius 1 is 1.20 bits per heavy atom. The van der Waals surface area contributed by atoms with Crippen LogP contribution in [0.3, 0.4) is 0 Å². The van der Waals surface area contributed by atoms with E-state index >= 15 is 0 Å². The van der Waals surface area contributed by atoms with Gasteiger partial charge in [-0.2, -0.15) is 0 Å². The second kappa shape index (κ2) is 6.35. The van der Waals surface area contributed by atoms with Crippen molar-refractivity contribution in [3.63, 3.8) is 0 Å². The highest BCUT2D eigenvalue weighted by Gasteiger charge is 2.61. The lowest BCUT2D eigenvalue weighted by molar-refractivity contribution is -0.180. The summed E-state index contributed by atoms with van der Waals surface area (Å²) in [6.07, 6.45) is 9.61. The quantitative estimate of drug-likeness (QED) is 0.601. The first-order valence-corrected chi connectivity index (χ1v) is 10.4. The van der Waals surface area contributed by atoms with Crippen LogP contribution in [0.25, 0.3) is 0 Å². The van der Waals surface area contributed by atoms with Gasteiger partial charge in [-0.1, -0.05) is 26.0 Å². The molecule has 3 heteroatoms. The number of aliphatic hydroxyl groups is 1. The topological polar surface area (TPSA) is 38.7 Å². The van der Waals surface area contributed by atoms with Gasteiger partial charge in [0, 0.05) is 7.11 Å². The van der Waals surface area contributed by atoms with E-state index in [4.69, 9.17) is 9.47 Å². The summed E-state index contributed by atoms with van der Waals surface area (Å²) in [5.41, 5.74) is 1.86. The van der Waals surface area contributed by atoms with Crippen molar-refractivity contribution < 1.29 is 14.6 Å². The van der Waals surface area contributed by atoms with E-state index in [0.29, 0.717) is 30.7 Å². The van der Waals surface area contributed by atoms with E-state index in [9.17, 15) is 5.11 Å². The Bertz CT molecular complexity index is 531. The molecule has 25 heavy (non-hydrogen) atoms. The number of fused-ring (bicyclic) bond motifs is 5. The standard InChI is InChI=1S/C22H36O3/c1-14-5-8-18-17-7-6-15-11-16(25-13-24-4)9-10-21(15,2)20(17)19(23)12-22(14,18)3/h15-20,23H,1,5-13H2,2-4H3/t15?,16?,17-,18-,19?,20-,21-,22+/m0/s1. The Labute approximate surface area is 153 Å². The van der Waals surface area contributed by atoms with Crippen molar-refractivity contribution in [3.8, 4) is 0 Å². The molecule has 0 radical (unpaired) electrons.